The van der Waals surface area contributed by atoms with Gasteiger partial charge in [0.2, 0.25) is 0 Å². The first kappa shape index (κ1) is 23.1. The zero-order chi connectivity index (χ0) is 22.5. The Labute approximate surface area is 190 Å². The molecule has 0 aliphatic carbocycles. The Balaban J connectivity index is 1.98. The summed E-state index contributed by atoms with van der Waals surface area (Å²) in [5.41, 5.74) is 0.806. The van der Waals surface area contributed by atoms with Crippen molar-refractivity contribution in [2.24, 2.45) is 0 Å². The van der Waals surface area contributed by atoms with Crippen LogP contribution in [0.15, 0.2) is 48.1 Å². The first-order valence-corrected chi connectivity index (χ1v) is 10.4. The number of hydrogen-bond donors (Lipinski definition) is 0. The van der Waals surface area contributed by atoms with Crippen molar-refractivity contribution in [3.05, 3.63) is 79.4 Å². The number of thiophene rings is 1. The Morgan fingerprint density at radius 2 is 1.90 bits per heavy atom. The van der Waals surface area contributed by atoms with Crippen molar-refractivity contribution in [3.63, 3.8) is 0 Å². The minimum absolute atomic E-state index is 0.0217. The van der Waals surface area contributed by atoms with E-state index in [1.165, 1.54) is 36.6 Å². The molecule has 164 valence electrons. The van der Waals surface area contributed by atoms with Gasteiger partial charge < -0.3 is 19.4 Å². The molecular formula is C20H15Cl2F2NO5S. The smallest absolute Gasteiger partial charge is 0.387 e. The highest BCUT2D eigenvalue weighted by molar-refractivity contribution is 7.11. The molecule has 0 bridgehead atoms. The van der Waals surface area contributed by atoms with Gasteiger partial charge in [-0.3, -0.25) is 0 Å². The van der Waals surface area contributed by atoms with Gasteiger partial charge in [-0.1, -0.05) is 35.3 Å². The number of aromatic nitrogens is 1. The number of hydrogen-bond acceptors (Lipinski definition) is 6. The molecule has 0 saturated heterocycles. The highest BCUT2D eigenvalue weighted by Gasteiger charge is 2.25. The fourth-order valence-electron chi connectivity index (χ4n) is 2.80. The fourth-order valence-corrected chi connectivity index (χ4v) is 4.00. The molecule has 0 amide bonds. The Morgan fingerprint density at radius 1 is 1.19 bits per heavy atom. The Kier molecular flexibility index (Phi) is 7.53. The summed E-state index contributed by atoms with van der Waals surface area (Å²) in [7, 11) is 1.29. The summed E-state index contributed by atoms with van der Waals surface area (Å²) in [4.78, 5) is 13.0. The molecule has 1 atom stereocenters. The van der Waals surface area contributed by atoms with E-state index < -0.39 is 18.7 Å². The van der Waals surface area contributed by atoms with Crippen molar-refractivity contribution in [2.45, 2.75) is 19.1 Å². The molecule has 1 aromatic carbocycles. The summed E-state index contributed by atoms with van der Waals surface area (Å²) in [6, 6.07) is 7.47. The van der Waals surface area contributed by atoms with E-state index in [1.54, 1.807) is 17.5 Å². The van der Waals surface area contributed by atoms with Crippen molar-refractivity contribution in [1.29, 1.82) is 0 Å². The predicted octanol–water partition coefficient (Wildman–Crippen LogP) is 5.44. The number of pyridine rings is 1. The topological polar surface area (TPSA) is 71.7 Å². The SMILES string of the molecule is COc1cc([C@H](Cc2c(Cl)c[n+]([O-])cc2Cl)OC(=O)c2cccs2)ccc1OC(F)F. The highest BCUT2D eigenvalue weighted by atomic mass is 35.5. The van der Waals surface area contributed by atoms with E-state index in [0.717, 1.165) is 12.4 Å². The average Bonchev–Trinajstić information content (AvgIpc) is 3.24. The van der Waals surface area contributed by atoms with Gasteiger partial charge in [0.15, 0.2) is 23.9 Å². The minimum atomic E-state index is -3.03. The molecule has 0 aliphatic rings. The van der Waals surface area contributed by atoms with Crippen LogP contribution in [-0.4, -0.2) is 19.7 Å². The van der Waals surface area contributed by atoms with E-state index in [4.69, 9.17) is 32.7 Å². The van der Waals surface area contributed by atoms with Gasteiger partial charge in [-0.25, -0.2) is 4.79 Å². The number of methoxy groups -OCH3 is 1. The van der Waals surface area contributed by atoms with Gasteiger partial charge in [-0.2, -0.15) is 13.5 Å². The van der Waals surface area contributed by atoms with Crippen LogP contribution in [0.3, 0.4) is 0 Å². The third-order valence-electron chi connectivity index (χ3n) is 4.19. The third-order valence-corrected chi connectivity index (χ3v) is 5.70. The number of alkyl halides is 2. The number of carbonyl (C=O) groups is 1. The number of halogens is 4. The van der Waals surface area contributed by atoms with E-state index in [2.05, 4.69) is 4.74 Å². The summed E-state index contributed by atoms with van der Waals surface area (Å²) >= 11 is 13.5. The van der Waals surface area contributed by atoms with Gasteiger partial charge in [0, 0.05) is 12.0 Å². The van der Waals surface area contributed by atoms with Crippen LogP contribution >= 0.6 is 34.5 Å². The van der Waals surface area contributed by atoms with Crippen molar-refractivity contribution in [2.75, 3.05) is 7.11 Å². The van der Waals surface area contributed by atoms with Crippen molar-refractivity contribution < 1.29 is 32.5 Å². The average molecular weight is 490 g/mol. The maximum Gasteiger partial charge on any atom is 0.387 e. The Morgan fingerprint density at radius 3 is 2.48 bits per heavy atom. The zero-order valence-corrected chi connectivity index (χ0v) is 18.2. The Bertz CT molecular complexity index is 1040. The maximum atomic E-state index is 12.6. The molecule has 2 heterocycles. The van der Waals surface area contributed by atoms with Gasteiger partial charge in [0.1, 0.15) is 21.0 Å². The lowest BCUT2D eigenvalue weighted by molar-refractivity contribution is -0.605. The monoisotopic (exact) mass is 489 g/mol. The molecule has 0 saturated carbocycles. The highest BCUT2D eigenvalue weighted by Crippen LogP contribution is 2.36. The standard InChI is InChI=1S/C20H15Cl2F2NO5S/c1-28-17-7-11(4-5-15(17)30-20(23)24)16(29-19(26)18-3-2-6-31-18)8-12-13(21)9-25(27)10-14(12)22/h2-7,9-10,16,20H,8H2,1H3/t16-/m0/s1. The van der Waals surface area contributed by atoms with Gasteiger partial charge >= 0.3 is 12.6 Å². The number of benzene rings is 1. The molecule has 0 unspecified atom stereocenters. The summed E-state index contributed by atoms with van der Waals surface area (Å²) < 4.78 is 41.0. The molecule has 6 nitrogen and oxygen atoms in total. The van der Waals surface area contributed by atoms with Crippen molar-refractivity contribution >= 4 is 40.5 Å². The molecular weight excluding hydrogens is 475 g/mol. The lowest BCUT2D eigenvalue weighted by atomic mass is 10.0. The van der Waals surface area contributed by atoms with Gasteiger partial charge in [-0.05, 0) is 29.1 Å². The maximum absolute atomic E-state index is 12.6. The number of rotatable bonds is 8. The lowest BCUT2D eigenvalue weighted by Crippen LogP contribution is -2.25. The third kappa shape index (κ3) is 5.75. The van der Waals surface area contributed by atoms with Crippen LogP contribution in [0.4, 0.5) is 8.78 Å². The van der Waals surface area contributed by atoms with Crippen LogP contribution in [0.2, 0.25) is 10.0 Å². The van der Waals surface area contributed by atoms with E-state index in [0.29, 0.717) is 20.7 Å². The molecule has 3 rings (SSSR count). The molecule has 0 spiro atoms. The van der Waals surface area contributed by atoms with Crippen LogP contribution in [0.25, 0.3) is 0 Å². The van der Waals surface area contributed by atoms with Crippen LogP contribution in [-0.2, 0) is 11.2 Å². The molecule has 3 aromatic rings. The molecule has 0 N–H and O–H groups in total. The zero-order valence-electron chi connectivity index (χ0n) is 15.9. The van der Waals surface area contributed by atoms with Crippen molar-refractivity contribution in [1.82, 2.24) is 0 Å². The second-order valence-electron chi connectivity index (χ2n) is 6.16. The summed E-state index contributed by atoms with van der Waals surface area (Å²) in [6.07, 6.45) is 1.36. The van der Waals surface area contributed by atoms with Gasteiger partial charge in [-0.15, -0.1) is 11.3 Å². The molecule has 0 radical (unpaired) electrons. The normalized spacial score (nSPS) is 11.9. The number of nitrogens with zero attached hydrogens (tertiary/aromatic N) is 1. The molecule has 31 heavy (non-hydrogen) atoms. The minimum Gasteiger partial charge on any atom is -0.619 e. The van der Waals surface area contributed by atoms with Crippen LogP contribution < -0.4 is 14.2 Å². The fraction of sp³-hybridized carbons (Fsp3) is 0.200. The Hall–Kier alpha value is -2.62. The second kappa shape index (κ2) is 10.1. The molecule has 11 heteroatoms. The summed E-state index contributed by atoms with van der Waals surface area (Å²) in [5, 5.41) is 13.4. The molecule has 0 fully saturated rings. The molecule has 0 aliphatic heterocycles. The summed E-state index contributed by atoms with van der Waals surface area (Å²) in [5.74, 6) is -0.737. The quantitative estimate of drug-likeness (QED) is 0.239. The van der Waals surface area contributed by atoms with Gasteiger partial charge in [0.05, 0.1) is 7.11 Å². The van der Waals surface area contributed by atoms with E-state index in [-0.39, 0.29) is 28.0 Å². The first-order chi connectivity index (χ1) is 14.8. The van der Waals surface area contributed by atoms with E-state index in [1.807, 2.05) is 0 Å². The number of carbonyl (C=O) groups excluding carboxylic acids is 1. The van der Waals surface area contributed by atoms with Gasteiger partial charge in [0.25, 0.3) is 0 Å². The number of esters is 1. The lowest BCUT2D eigenvalue weighted by Gasteiger charge is -2.20. The van der Waals surface area contributed by atoms with Crippen molar-refractivity contribution in [3.8, 4) is 11.5 Å². The number of ether oxygens (including phenoxy) is 3. The van der Waals surface area contributed by atoms with Crippen LogP contribution in [0.5, 0.6) is 11.5 Å². The van der Waals surface area contributed by atoms with Crippen LogP contribution in [0.1, 0.15) is 26.9 Å². The second-order valence-corrected chi connectivity index (χ2v) is 7.92. The van der Waals surface area contributed by atoms with Crippen LogP contribution in [0, 0.1) is 5.21 Å². The van der Waals surface area contributed by atoms with E-state index >= 15 is 0 Å². The largest absolute Gasteiger partial charge is 0.619 e. The molecule has 2 aromatic heterocycles. The predicted molar refractivity (Wildman–Crippen MR) is 111 cm³/mol. The van der Waals surface area contributed by atoms with E-state index in [9.17, 15) is 18.8 Å². The first-order valence-electron chi connectivity index (χ1n) is 8.72. The summed E-state index contributed by atoms with van der Waals surface area (Å²) in [6.45, 7) is -3.03.